The van der Waals surface area contributed by atoms with E-state index in [0.717, 1.165) is 19.4 Å². The second kappa shape index (κ2) is 7.61. The largest absolute Gasteiger partial charge is 0.379 e. The van der Waals surface area contributed by atoms with E-state index in [1.807, 2.05) is 13.8 Å². The highest BCUT2D eigenvalue weighted by atomic mass is 79.9. The van der Waals surface area contributed by atoms with E-state index in [4.69, 9.17) is 4.74 Å². The third kappa shape index (κ3) is 5.98. The standard InChI is InChI=1S/C12H18BrFN2O/c1-9(2)17-6-4-3-5-15-12-11(14)7-10(13)8-16-12/h7-9H,3-6H2,1-2H3,(H,15,16). The molecule has 0 atom stereocenters. The molecule has 1 heterocycles. The second-order valence-corrected chi connectivity index (χ2v) is 4.95. The van der Waals surface area contributed by atoms with Crippen LogP contribution in [-0.2, 0) is 4.74 Å². The molecule has 0 unspecified atom stereocenters. The third-order valence-electron chi connectivity index (χ3n) is 2.12. The van der Waals surface area contributed by atoms with Gasteiger partial charge < -0.3 is 10.1 Å². The molecule has 0 bridgehead atoms. The lowest BCUT2D eigenvalue weighted by Gasteiger charge is -2.08. The fourth-order valence-corrected chi connectivity index (χ4v) is 1.60. The van der Waals surface area contributed by atoms with Gasteiger partial charge in [-0.15, -0.1) is 0 Å². The smallest absolute Gasteiger partial charge is 0.166 e. The molecule has 0 spiro atoms. The van der Waals surface area contributed by atoms with Crippen molar-refractivity contribution in [2.75, 3.05) is 18.5 Å². The van der Waals surface area contributed by atoms with Crippen molar-refractivity contribution in [3.8, 4) is 0 Å². The summed E-state index contributed by atoms with van der Waals surface area (Å²) in [5.74, 6) is -0.0317. The number of hydrogen-bond acceptors (Lipinski definition) is 3. The van der Waals surface area contributed by atoms with E-state index in [-0.39, 0.29) is 11.9 Å². The van der Waals surface area contributed by atoms with E-state index in [2.05, 4.69) is 26.2 Å². The highest BCUT2D eigenvalue weighted by molar-refractivity contribution is 9.10. The quantitative estimate of drug-likeness (QED) is 0.782. The average molecular weight is 305 g/mol. The van der Waals surface area contributed by atoms with Crippen molar-refractivity contribution >= 4 is 21.7 Å². The van der Waals surface area contributed by atoms with E-state index in [9.17, 15) is 4.39 Å². The first kappa shape index (κ1) is 14.4. The number of nitrogens with zero attached hydrogens (tertiary/aromatic N) is 1. The van der Waals surface area contributed by atoms with Crippen molar-refractivity contribution in [1.29, 1.82) is 0 Å². The fourth-order valence-electron chi connectivity index (χ4n) is 1.30. The monoisotopic (exact) mass is 304 g/mol. The van der Waals surface area contributed by atoms with Crippen LogP contribution >= 0.6 is 15.9 Å². The Morgan fingerprint density at radius 3 is 2.88 bits per heavy atom. The molecule has 5 heteroatoms. The topological polar surface area (TPSA) is 34.1 Å². The van der Waals surface area contributed by atoms with Crippen LogP contribution in [0, 0.1) is 5.82 Å². The summed E-state index contributed by atoms with van der Waals surface area (Å²) in [6, 6.07) is 1.40. The summed E-state index contributed by atoms with van der Waals surface area (Å²) >= 11 is 3.17. The van der Waals surface area contributed by atoms with Gasteiger partial charge in [-0.3, -0.25) is 0 Å². The molecular weight excluding hydrogens is 287 g/mol. The van der Waals surface area contributed by atoms with Crippen molar-refractivity contribution in [3.05, 3.63) is 22.6 Å². The van der Waals surface area contributed by atoms with Crippen molar-refractivity contribution in [3.63, 3.8) is 0 Å². The first-order valence-electron chi connectivity index (χ1n) is 5.76. The summed E-state index contributed by atoms with van der Waals surface area (Å²) in [6.45, 7) is 5.47. The van der Waals surface area contributed by atoms with Gasteiger partial charge in [-0.1, -0.05) is 0 Å². The maximum atomic E-state index is 13.4. The summed E-state index contributed by atoms with van der Waals surface area (Å²) in [6.07, 6.45) is 3.74. The van der Waals surface area contributed by atoms with Crippen LogP contribution in [-0.4, -0.2) is 24.2 Å². The predicted octanol–water partition coefficient (Wildman–Crippen LogP) is 3.60. The lowest BCUT2D eigenvalue weighted by atomic mass is 10.3. The molecule has 0 aliphatic carbocycles. The van der Waals surface area contributed by atoms with Crippen LogP contribution in [0.15, 0.2) is 16.7 Å². The molecule has 96 valence electrons. The molecule has 1 rings (SSSR count). The predicted molar refractivity (Wildman–Crippen MR) is 70.7 cm³/mol. The van der Waals surface area contributed by atoms with Crippen LogP contribution in [0.2, 0.25) is 0 Å². The molecule has 17 heavy (non-hydrogen) atoms. The number of pyridine rings is 1. The van der Waals surface area contributed by atoms with Gasteiger partial charge in [0.15, 0.2) is 11.6 Å². The van der Waals surface area contributed by atoms with Crippen molar-refractivity contribution in [2.45, 2.75) is 32.8 Å². The lowest BCUT2D eigenvalue weighted by Crippen LogP contribution is -2.08. The van der Waals surface area contributed by atoms with Crippen molar-refractivity contribution in [1.82, 2.24) is 4.98 Å². The zero-order valence-electron chi connectivity index (χ0n) is 10.2. The molecule has 3 nitrogen and oxygen atoms in total. The van der Waals surface area contributed by atoms with Crippen molar-refractivity contribution in [2.24, 2.45) is 0 Å². The van der Waals surface area contributed by atoms with Crippen LogP contribution in [0.5, 0.6) is 0 Å². The number of ether oxygens (including phenoxy) is 1. The van der Waals surface area contributed by atoms with Gasteiger partial charge in [-0.05, 0) is 48.7 Å². The van der Waals surface area contributed by atoms with E-state index >= 15 is 0 Å². The van der Waals surface area contributed by atoms with Crippen LogP contribution in [0.1, 0.15) is 26.7 Å². The fraction of sp³-hybridized carbons (Fsp3) is 0.583. The summed E-state index contributed by atoms with van der Waals surface area (Å²) in [7, 11) is 0. The molecular formula is C12H18BrFN2O. The Morgan fingerprint density at radius 1 is 1.47 bits per heavy atom. The highest BCUT2D eigenvalue weighted by Crippen LogP contribution is 2.15. The van der Waals surface area contributed by atoms with Gasteiger partial charge >= 0.3 is 0 Å². The number of halogens is 2. The number of anilines is 1. The van der Waals surface area contributed by atoms with Gasteiger partial charge in [-0.2, -0.15) is 0 Å². The van der Waals surface area contributed by atoms with Crippen LogP contribution in [0.25, 0.3) is 0 Å². The summed E-state index contributed by atoms with van der Waals surface area (Å²) < 4.78 is 19.4. The minimum Gasteiger partial charge on any atom is -0.379 e. The van der Waals surface area contributed by atoms with Crippen LogP contribution in [0.3, 0.4) is 0 Å². The van der Waals surface area contributed by atoms with E-state index in [0.29, 0.717) is 16.8 Å². The van der Waals surface area contributed by atoms with E-state index in [1.165, 1.54) is 6.07 Å². The summed E-state index contributed by atoms with van der Waals surface area (Å²) in [5.41, 5.74) is 0. The Hall–Kier alpha value is -0.680. The maximum Gasteiger partial charge on any atom is 0.166 e. The van der Waals surface area contributed by atoms with E-state index in [1.54, 1.807) is 6.20 Å². The van der Waals surface area contributed by atoms with Gasteiger partial charge in [0.1, 0.15) is 0 Å². The third-order valence-corrected chi connectivity index (χ3v) is 2.56. The molecule has 0 fully saturated rings. The first-order chi connectivity index (χ1) is 8.09. The number of unbranched alkanes of at least 4 members (excludes halogenated alkanes) is 1. The average Bonchev–Trinajstić information content (AvgIpc) is 2.25. The Morgan fingerprint density at radius 2 is 2.24 bits per heavy atom. The molecule has 0 aliphatic heterocycles. The molecule has 0 saturated heterocycles. The summed E-state index contributed by atoms with van der Waals surface area (Å²) in [4.78, 5) is 3.96. The second-order valence-electron chi connectivity index (χ2n) is 4.04. The summed E-state index contributed by atoms with van der Waals surface area (Å²) in [5, 5.41) is 2.97. The lowest BCUT2D eigenvalue weighted by molar-refractivity contribution is 0.0765. The normalized spacial score (nSPS) is 10.9. The molecule has 1 aromatic heterocycles. The van der Waals surface area contributed by atoms with Gasteiger partial charge in [0.05, 0.1) is 6.10 Å². The molecule has 0 aliphatic rings. The first-order valence-corrected chi connectivity index (χ1v) is 6.55. The Kier molecular flexibility index (Phi) is 6.44. The number of hydrogen-bond donors (Lipinski definition) is 1. The minimum absolute atomic E-state index is 0.272. The van der Waals surface area contributed by atoms with Gasteiger partial charge in [0.25, 0.3) is 0 Å². The molecule has 1 N–H and O–H groups in total. The molecule has 0 radical (unpaired) electrons. The molecule has 0 aromatic carbocycles. The zero-order chi connectivity index (χ0) is 12.7. The Bertz CT molecular complexity index is 347. The van der Waals surface area contributed by atoms with Crippen LogP contribution in [0.4, 0.5) is 10.2 Å². The van der Waals surface area contributed by atoms with Crippen LogP contribution < -0.4 is 5.32 Å². The minimum atomic E-state index is -0.335. The van der Waals surface area contributed by atoms with E-state index < -0.39 is 0 Å². The van der Waals surface area contributed by atoms with Crippen molar-refractivity contribution < 1.29 is 9.13 Å². The number of rotatable bonds is 7. The Labute approximate surface area is 110 Å². The Balaban J connectivity index is 2.18. The highest BCUT2D eigenvalue weighted by Gasteiger charge is 2.03. The molecule has 0 saturated carbocycles. The van der Waals surface area contributed by atoms with Gasteiger partial charge in [0.2, 0.25) is 0 Å². The zero-order valence-corrected chi connectivity index (χ0v) is 11.8. The molecule has 0 amide bonds. The number of aromatic nitrogens is 1. The molecule has 1 aromatic rings. The number of nitrogens with one attached hydrogen (secondary N) is 1. The van der Waals surface area contributed by atoms with Gasteiger partial charge in [0, 0.05) is 23.8 Å². The van der Waals surface area contributed by atoms with Gasteiger partial charge in [-0.25, -0.2) is 9.37 Å². The maximum absolute atomic E-state index is 13.4. The SMILES string of the molecule is CC(C)OCCCCNc1ncc(Br)cc1F.